The van der Waals surface area contributed by atoms with Gasteiger partial charge in [0.1, 0.15) is 0 Å². The average molecular weight is 176 g/mol. The van der Waals surface area contributed by atoms with E-state index in [2.05, 4.69) is 19.1 Å². The van der Waals surface area contributed by atoms with E-state index in [9.17, 15) is 0 Å². The highest BCUT2D eigenvalue weighted by Gasteiger charge is 1.72. The molecule has 0 amide bonds. The third-order valence-corrected chi connectivity index (χ3v) is 0.940. The lowest BCUT2D eigenvalue weighted by atomic mass is 10.2. The highest BCUT2D eigenvalue weighted by atomic mass is 16.1. The van der Waals surface area contributed by atoms with Crippen LogP contribution >= 0.6 is 0 Å². The summed E-state index contributed by atoms with van der Waals surface area (Å²) in [6.45, 7) is 2.08. The molecule has 1 rings (SSSR count). The Balaban J connectivity index is 0. The monoisotopic (exact) mass is 176 g/mol. The quantitative estimate of drug-likeness (QED) is 0.446. The summed E-state index contributed by atoms with van der Waals surface area (Å²) in [6, 6.07) is 10.3. The largest absolute Gasteiger partial charge is 0.724 e. The first-order chi connectivity index (χ1) is 6.22. The van der Waals surface area contributed by atoms with Crippen molar-refractivity contribution in [3.05, 3.63) is 46.7 Å². The van der Waals surface area contributed by atoms with E-state index in [0.29, 0.717) is 12.2 Å². The standard InChI is InChI=1S/C7H8.2CNO/c1-7-5-3-2-4-6-7;2*2-1-3/h2-6H,1H3;;/q;2*-1. The molecule has 0 spiro atoms. The van der Waals surface area contributed by atoms with Gasteiger partial charge in [-0.25, -0.2) is 0 Å². The fraction of sp³-hybridized carbons (Fsp3) is 0.111. The third-order valence-electron chi connectivity index (χ3n) is 0.940. The topological polar surface area (TPSA) is 78.7 Å². The lowest BCUT2D eigenvalue weighted by Crippen LogP contribution is -1.62. The van der Waals surface area contributed by atoms with E-state index >= 15 is 0 Å². The predicted molar refractivity (Wildman–Crippen MR) is 49.3 cm³/mol. The summed E-state index contributed by atoms with van der Waals surface area (Å²) in [4.78, 5) is 16.5. The summed E-state index contributed by atoms with van der Waals surface area (Å²) in [7, 11) is 0. The molecule has 4 nitrogen and oxygen atoms in total. The Bertz CT molecular complexity index is 259. The predicted octanol–water partition coefficient (Wildman–Crippen LogP) is 1.78. The van der Waals surface area contributed by atoms with Crippen molar-refractivity contribution in [3.63, 3.8) is 0 Å². The van der Waals surface area contributed by atoms with Gasteiger partial charge in [-0.05, 0) is 19.1 Å². The van der Waals surface area contributed by atoms with Gasteiger partial charge >= 0.3 is 0 Å². The van der Waals surface area contributed by atoms with Gasteiger partial charge in [0.05, 0.1) is 0 Å². The molecule has 4 heteroatoms. The second-order valence-corrected chi connectivity index (χ2v) is 1.84. The fourth-order valence-electron chi connectivity index (χ4n) is 0.534. The molecule has 0 bridgehead atoms. The van der Waals surface area contributed by atoms with Crippen LogP contribution in [-0.4, -0.2) is 12.2 Å². The van der Waals surface area contributed by atoms with E-state index in [1.54, 1.807) is 0 Å². The zero-order chi connectivity index (χ0) is 10.5. The molecule has 1 aromatic rings. The summed E-state index contributed by atoms with van der Waals surface area (Å²) >= 11 is 0. The second-order valence-electron chi connectivity index (χ2n) is 1.84. The number of hydrogen-bond donors (Lipinski definition) is 0. The van der Waals surface area contributed by atoms with Crippen LogP contribution in [0.5, 0.6) is 0 Å². The van der Waals surface area contributed by atoms with Crippen LogP contribution < -0.4 is 0 Å². The number of benzene rings is 1. The summed E-state index contributed by atoms with van der Waals surface area (Å²) in [6.07, 6.45) is 1.00. The van der Waals surface area contributed by atoms with E-state index < -0.39 is 0 Å². The van der Waals surface area contributed by atoms with Gasteiger partial charge in [0.25, 0.3) is 0 Å². The Morgan fingerprint density at radius 2 is 1.31 bits per heavy atom. The summed E-state index contributed by atoms with van der Waals surface area (Å²) < 4.78 is 0. The van der Waals surface area contributed by atoms with Gasteiger partial charge < -0.3 is 10.8 Å². The Labute approximate surface area is 76.2 Å². The average Bonchev–Trinajstić information content (AvgIpc) is 2.08. The Hall–Kier alpha value is -2.02. The van der Waals surface area contributed by atoms with Crippen LogP contribution in [0.2, 0.25) is 0 Å². The van der Waals surface area contributed by atoms with Gasteiger partial charge in [0.2, 0.25) is 0 Å². The van der Waals surface area contributed by atoms with Crippen LogP contribution in [0.1, 0.15) is 5.56 Å². The van der Waals surface area contributed by atoms with Crippen molar-refractivity contribution in [2.24, 2.45) is 0 Å². The second kappa shape index (κ2) is 12.6. The van der Waals surface area contributed by atoms with Crippen molar-refractivity contribution in [2.75, 3.05) is 0 Å². The molecular formula is C9H8N2O2-2. The Kier molecular flexibility index (Phi) is 13.2. The number of carbonyl (C=O) groups excluding carboxylic acids is 2. The third kappa shape index (κ3) is 17.8. The lowest BCUT2D eigenvalue weighted by molar-refractivity contribution is 0.568. The molecule has 0 aliphatic rings. The molecule has 68 valence electrons. The molecule has 0 aliphatic carbocycles. The molecule has 1 aromatic carbocycles. The summed E-state index contributed by atoms with van der Waals surface area (Å²) in [5.41, 5.74) is 1.32. The highest BCUT2D eigenvalue weighted by molar-refractivity contribution is 5.37. The Morgan fingerprint density at radius 3 is 1.46 bits per heavy atom. The summed E-state index contributed by atoms with van der Waals surface area (Å²) in [5, 5.41) is 13.5. The van der Waals surface area contributed by atoms with E-state index in [-0.39, 0.29) is 0 Å². The van der Waals surface area contributed by atoms with Crippen molar-refractivity contribution in [2.45, 2.75) is 6.92 Å². The van der Waals surface area contributed by atoms with Gasteiger partial charge in [-0.3, -0.25) is 9.59 Å². The molecule has 0 heterocycles. The first-order valence-corrected chi connectivity index (χ1v) is 3.27. The van der Waals surface area contributed by atoms with Crippen molar-refractivity contribution >= 4 is 12.2 Å². The first kappa shape index (κ1) is 13.6. The lowest BCUT2D eigenvalue weighted by Gasteiger charge is -1.82. The molecule has 0 atom stereocenters. The number of aryl methyl sites for hydroxylation is 1. The van der Waals surface area contributed by atoms with Crippen LogP contribution in [0.25, 0.3) is 10.8 Å². The van der Waals surface area contributed by atoms with Crippen LogP contribution in [-0.2, 0) is 9.59 Å². The molecule has 13 heavy (non-hydrogen) atoms. The maximum atomic E-state index is 8.24. The van der Waals surface area contributed by atoms with Gasteiger partial charge in [-0.2, -0.15) is 0 Å². The summed E-state index contributed by atoms with van der Waals surface area (Å²) in [5.74, 6) is 0. The minimum atomic E-state index is 0.500. The first-order valence-electron chi connectivity index (χ1n) is 3.27. The number of isocyanates is 2. The van der Waals surface area contributed by atoms with Crippen molar-refractivity contribution in [1.29, 1.82) is 0 Å². The maximum Gasteiger partial charge on any atom is -0.0159 e. The van der Waals surface area contributed by atoms with Crippen molar-refractivity contribution < 1.29 is 9.59 Å². The molecule has 0 N–H and O–H groups in total. The van der Waals surface area contributed by atoms with E-state index in [1.807, 2.05) is 18.2 Å². The molecule has 0 aliphatic heterocycles. The molecule has 0 saturated carbocycles. The van der Waals surface area contributed by atoms with E-state index in [1.165, 1.54) is 5.56 Å². The minimum Gasteiger partial charge on any atom is -0.724 e. The van der Waals surface area contributed by atoms with E-state index in [4.69, 9.17) is 20.4 Å². The number of nitrogens with zero attached hydrogens (tertiary/aromatic N) is 2. The molecule has 0 aromatic heterocycles. The van der Waals surface area contributed by atoms with Gasteiger partial charge in [0.15, 0.2) is 0 Å². The maximum absolute atomic E-state index is 8.24. The smallest absolute Gasteiger partial charge is 0.0159 e. The zero-order valence-electron chi connectivity index (χ0n) is 7.10. The van der Waals surface area contributed by atoms with Crippen LogP contribution in [0, 0.1) is 6.92 Å². The van der Waals surface area contributed by atoms with E-state index in [0.717, 1.165) is 0 Å². The molecule has 0 saturated heterocycles. The van der Waals surface area contributed by atoms with Crippen molar-refractivity contribution in [3.8, 4) is 0 Å². The molecule has 0 unspecified atom stereocenters. The van der Waals surface area contributed by atoms with Crippen LogP contribution in [0.15, 0.2) is 30.3 Å². The Morgan fingerprint density at radius 1 is 1.00 bits per heavy atom. The molecule has 0 fully saturated rings. The van der Waals surface area contributed by atoms with Crippen LogP contribution in [0.3, 0.4) is 0 Å². The number of hydrogen-bond acceptors (Lipinski definition) is 2. The van der Waals surface area contributed by atoms with Crippen molar-refractivity contribution in [1.82, 2.24) is 0 Å². The van der Waals surface area contributed by atoms with Gasteiger partial charge in [0, 0.05) is 0 Å². The van der Waals surface area contributed by atoms with Gasteiger partial charge in [-0.1, -0.05) is 35.9 Å². The normalized spacial score (nSPS) is 5.92. The number of rotatable bonds is 0. The SMILES string of the molecule is Cc1ccccc1.[N-]=C=O.[N-]=C=O. The molecular weight excluding hydrogens is 168 g/mol. The van der Waals surface area contributed by atoms with Gasteiger partial charge in [-0.15, -0.1) is 0 Å². The fourth-order valence-corrected chi connectivity index (χ4v) is 0.534. The zero-order valence-corrected chi connectivity index (χ0v) is 7.10. The van der Waals surface area contributed by atoms with Crippen LogP contribution in [0.4, 0.5) is 0 Å². The minimum absolute atomic E-state index is 0.500. The highest BCUT2D eigenvalue weighted by Crippen LogP contribution is 1.92. The molecule has 0 radical (unpaired) electrons.